The Balaban J connectivity index is 2.20. The molecule has 0 aliphatic heterocycles. The molecule has 16 heavy (non-hydrogen) atoms. The van der Waals surface area contributed by atoms with Crippen molar-refractivity contribution in [1.82, 2.24) is 9.38 Å². The monoisotopic (exact) mass is 250 g/mol. The average molecular weight is 250 g/mol. The van der Waals surface area contributed by atoms with Gasteiger partial charge in [0.05, 0.1) is 4.88 Å². The first kappa shape index (κ1) is 9.56. The molecule has 0 spiro atoms. The van der Waals surface area contributed by atoms with E-state index < -0.39 is 5.97 Å². The summed E-state index contributed by atoms with van der Waals surface area (Å²) in [6.07, 6.45) is 1.76. The Morgan fingerprint density at radius 3 is 3.00 bits per heavy atom. The molecule has 0 unspecified atom stereocenters. The molecule has 3 aromatic heterocycles. The molecular weight excluding hydrogens is 244 g/mol. The topological polar surface area (TPSA) is 54.6 Å². The van der Waals surface area contributed by atoms with Crippen molar-refractivity contribution in [3.8, 4) is 10.6 Å². The van der Waals surface area contributed by atoms with Gasteiger partial charge in [0, 0.05) is 11.6 Å². The number of carboxylic acids is 1. The highest BCUT2D eigenvalue weighted by molar-refractivity contribution is 7.15. The number of carboxylic acid groups (broad SMARTS) is 1. The molecule has 0 fully saturated rings. The molecule has 0 saturated carbocycles. The third-order valence-electron chi connectivity index (χ3n) is 2.20. The van der Waals surface area contributed by atoms with Crippen LogP contribution in [0.25, 0.3) is 15.5 Å². The molecule has 0 radical (unpaired) electrons. The summed E-state index contributed by atoms with van der Waals surface area (Å²) in [5.41, 5.74) is 1.08. The van der Waals surface area contributed by atoms with Gasteiger partial charge in [-0.25, -0.2) is 9.78 Å². The summed E-state index contributed by atoms with van der Waals surface area (Å²) in [5.74, 6) is -0.929. The van der Waals surface area contributed by atoms with Crippen LogP contribution in [0.4, 0.5) is 0 Å². The second-order valence-electron chi connectivity index (χ2n) is 3.18. The molecule has 4 nitrogen and oxygen atoms in total. The van der Waals surface area contributed by atoms with E-state index in [1.807, 2.05) is 17.5 Å². The van der Waals surface area contributed by atoms with Crippen molar-refractivity contribution in [3.05, 3.63) is 34.8 Å². The van der Waals surface area contributed by atoms with Gasteiger partial charge in [-0.15, -0.1) is 22.7 Å². The second kappa shape index (κ2) is 3.43. The van der Waals surface area contributed by atoms with E-state index >= 15 is 0 Å². The second-order valence-corrected chi connectivity index (χ2v) is 4.97. The highest BCUT2D eigenvalue weighted by Gasteiger charge is 2.13. The van der Waals surface area contributed by atoms with Gasteiger partial charge < -0.3 is 5.11 Å². The van der Waals surface area contributed by atoms with E-state index in [9.17, 15) is 4.79 Å². The predicted molar refractivity (Wildman–Crippen MR) is 63.3 cm³/mol. The lowest BCUT2D eigenvalue weighted by atomic mass is 10.4. The Hall–Kier alpha value is -1.66. The quantitative estimate of drug-likeness (QED) is 0.761. The summed E-state index contributed by atoms with van der Waals surface area (Å²) in [4.78, 5) is 17.1. The van der Waals surface area contributed by atoms with Gasteiger partial charge in [-0.2, -0.15) is 0 Å². The normalized spacial score (nSPS) is 11.0. The number of nitrogens with zero attached hydrogens (tertiary/aromatic N) is 2. The van der Waals surface area contributed by atoms with Crippen LogP contribution in [0.5, 0.6) is 0 Å². The van der Waals surface area contributed by atoms with E-state index in [0.29, 0.717) is 4.96 Å². The molecule has 0 aromatic carbocycles. The van der Waals surface area contributed by atoms with Crippen molar-refractivity contribution in [2.75, 3.05) is 0 Å². The summed E-state index contributed by atoms with van der Waals surface area (Å²) < 4.78 is 1.61. The Kier molecular flexibility index (Phi) is 2.05. The first-order valence-electron chi connectivity index (χ1n) is 4.49. The van der Waals surface area contributed by atoms with Crippen LogP contribution < -0.4 is 0 Å². The van der Waals surface area contributed by atoms with Gasteiger partial charge in [0.2, 0.25) is 0 Å². The molecule has 0 saturated heterocycles. The minimum atomic E-state index is -0.929. The Bertz CT molecular complexity index is 652. The number of rotatable bonds is 2. The van der Waals surface area contributed by atoms with E-state index in [1.54, 1.807) is 27.3 Å². The number of hydrogen-bond donors (Lipinski definition) is 1. The first-order valence-corrected chi connectivity index (χ1v) is 6.25. The average Bonchev–Trinajstić information content (AvgIpc) is 2.92. The van der Waals surface area contributed by atoms with E-state index in [4.69, 9.17) is 5.11 Å². The van der Waals surface area contributed by atoms with Crippen LogP contribution >= 0.6 is 22.7 Å². The van der Waals surface area contributed by atoms with Gasteiger partial charge >= 0.3 is 5.97 Å². The molecule has 80 valence electrons. The van der Waals surface area contributed by atoms with Crippen LogP contribution in [0.1, 0.15) is 10.5 Å². The Morgan fingerprint density at radius 2 is 2.31 bits per heavy atom. The van der Waals surface area contributed by atoms with Crippen LogP contribution in [0.2, 0.25) is 0 Å². The van der Waals surface area contributed by atoms with Crippen LogP contribution in [0.15, 0.2) is 29.1 Å². The highest BCUT2D eigenvalue weighted by atomic mass is 32.1. The number of imidazole rings is 1. The van der Waals surface area contributed by atoms with Crippen LogP contribution in [0.3, 0.4) is 0 Å². The van der Waals surface area contributed by atoms with Crippen molar-refractivity contribution >= 4 is 33.6 Å². The smallest absolute Gasteiger partial charge is 0.353 e. The molecule has 3 aromatic rings. The molecule has 0 bridgehead atoms. The van der Waals surface area contributed by atoms with Gasteiger partial charge in [-0.1, -0.05) is 6.07 Å². The van der Waals surface area contributed by atoms with Crippen molar-refractivity contribution in [1.29, 1.82) is 0 Å². The van der Waals surface area contributed by atoms with Crippen LogP contribution in [-0.4, -0.2) is 20.5 Å². The Morgan fingerprint density at radius 1 is 1.44 bits per heavy atom. The van der Waals surface area contributed by atoms with Crippen LogP contribution in [-0.2, 0) is 0 Å². The number of hydrogen-bond acceptors (Lipinski definition) is 4. The number of aromatic nitrogens is 2. The van der Waals surface area contributed by atoms with Crippen molar-refractivity contribution in [2.24, 2.45) is 0 Å². The summed E-state index contributed by atoms with van der Waals surface area (Å²) >= 11 is 2.93. The van der Waals surface area contributed by atoms with Crippen LogP contribution in [0, 0.1) is 0 Å². The third-order valence-corrected chi connectivity index (χ3v) is 3.93. The van der Waals surface area contributed by atoms with Gasteiger partial charge in [0.15, 0.2) is 4.96 Å². The van der Waals surface area contributed by atoms with Crippen molar-refractivity contribution in [3.63, 3.8) is 0 Å². The predicted octanol–water partition coefficient (Wildman–Crippen LogP) is 2.82. The van der Waals surface area contributed by atoms with Gasteiger partial charge in [-0.3, -0.25) is 4.40 Å². The minimum absolute atomic E-state index is 0.260. The van der Waals surface area contributed by atoms with E-state index in [-0.39, 0.29) is 5.69 Å². The number of aromatic carboxylic acids is 1. The highest BCUT2D eigenvalue weighted by Crippen LogP contribution is 2.26. The molecule has 0 atom stereocenters. The lowest BCUT2D eigenvalue weighted by molar-refractivity contribution is 0.0689. The van der Waals surface area contributed by atoms with Crippen molar-refractivity contribution in [2.45, 2.75) is 0 Å². The molecule has 0 aliphatic rings. The van der Waals surface area contributed by atoms with Gasteiger partial charge in [-0.05, 0) is 11.4 Å². The van der Waals surface area contributed by atoms with Crippen molar-refractivity contribution < 1.29 is 9.90 Å². The zero-order valence-electron chi connectivity index (χ0n) is 7.95. The minimum Gasteiger partial charge on any atom is -0.477 e. The number of thiazole rings is 1. The van der Waals surface area contributed by atoms with Gasteiger partial charge in [0.25, 0.3) is 0 Å². The molecule has 1 N–H and O–H groups in total. The summed E-state index contributed by atoms with van der Waals surface area (Å²) in [5, 5.41) is 12.5. The van der Waals surface area contributed by atoms with Gasteiger partial charge in [0.1, 0.15) is 11.4 Å². The molecule has 0 aliphatic carbocycles. The SMILES string of the molecule is O=C(O)c1csc2nc(-c3cccs3)cn12. The third kappa shape index (κ3) is 1.35. The zero-order valence-corrected chi connectivity index (χ0v) is 9.59. The number of fused-ring (bicyclic) bond motifs is 1. The lowest BCUT2D eigenvalue weighted by Crippen LogP contribution is -1.99. The lowest BCUT2D eigenvalue weighted by Gasteiger charge is -1.89. The summed E-state index contributed by atoms with van der Waals surface area (Å²) in [7, 11) is 0. The fraction of sp³-hybridized carbons (Fsp3) is 0. The fourth-order valence-corrected chi connectivity index (χ4v) is 3.01. The standard InChI is InChI=1S/C10H6N2O2S2/c13-9(14)7-5-16-10-11-6(4-12(7)10)8-2-1-3-15-8/h1-5H,(H,13,14). The first-order chi connectivity index (χ1) is 7.75. The zero-order chi connectivity index (χ0) is 11.1. The molecule has 3 heterocycles. The maximum Gasteiger partial charge on any atom is 0.353 e. The van der Waals surface area contributed by atoms with E-state index in [1.165, 1.54) is 11.3 Å². The molecule has 6 heteroatoms. The fourth-order valence-electron chi connectivity index (χ4n) is 1.48. The number of carbonyl (C=O) groups is 1. The summed E-state index contributed by atoms with van der Waals surface area (Å²) in [6, 6.07) is 3.92. The number of thiophene rings is 1. The largest absolute Gasteiger partial charge is 0.477 e. The van der Waals surface area contributed by atoms with E-state index in [2.05, 4.69) is 4.98 Å². The Labute approximate surface area is 98.4 Å². The molecular formula is C10H6N2O2S2. The molecule has 0 amide bonds. The summed E-state index contributed by atoms with van der Waals surface area (Å²) in [6.45, 7) is 0. The maximum absolute atomic E-state index is 10.9. The van der Waals surface area contributed by atoms with E-state index in [0.717, 1.165) is 10.6 Å². The molecule has 3 rings (SSSR count). The maximum atomic E-state index is 10.9.